The van der Waals surface area contributed by atoms with Crippen molar-refractivity contribution in [1.82, 2.24) is 9.13 Å². The van der Waals surface area contributed by atoms with Crippen LogP contribution in [0.4, 0.5) is 0 Å². The van der Waals surface area contributed by atoms with Crippen LogP contribution in [0.1, 0.15) is 0 Å². The molecule has 2 nitrogen and oxygen atoms in total. The largest absolute Gasteiger partial charge is 0.309 e. The third-order valence-corrected chi connectivity index (χ3v) is 10.2. The van der Waals surface area contributed by atoms with E-state index in [1.54, 1.807) is 0 Å². The standard InChI is InChI=1S/C48H32N2/c1-2-10-33(11-3-1)34-18-20-35(21-19-34)36-22-27-40(28-23-36)50-47-17-9-6-14-43(47)44-31-26-38(32-48(44)50)37-24-29-39(30-25-37)49-45-15-7-4-12-41(45)42-13-5-8-16-46(42)49/h1-32H. The molecule has 0 aliphatic heterocycles. The van der Waals surface area contributed by atoms with Gasteiger partial charge >= 0.3 is 0 Å². The Hall–Kier alpha value is -6.64. The van der Waals surface area contributed by atoms with Crippen LogP contribution in [0.5, 0.6) is 0 Å². The number of aromatic nitrogens is 2. The highest BCUT2D eigenvalue weighted by Gasteiger charge is 2.15. The van der Waals surface area contributed by atoms with Crippen LogP contribution < -0.4 is 0 Å². The van der Waals surface area contributed by atoms with Crippen LogP contribution in [0.25, 0.3) is 88.4 Å². The summed E-state index contributed by atoms with van der Waals surface area (Å²) in [6, 6.07) is 70.4. The molecule has 0 fully saturated rings. The SMILES string of the molecule is c1ccc(-c2ccc(-c3ccc(-n4c5ccccc5c5ccc(-c6ccc(-n7c8ccccc8c8ccccc87)cc6)cc54)cc3)cc2)cc1. The summed E-state index contributed by atoms with van der Waals surface area (Å²) in [5.74, 6) is 0. The van der Waals surface area contributed by atoms with E-state index in [1.165, 1.54) is 77.0 Å². The van der Waals surface area contributed by atoms with Gasteiger partial charge in [0.25, 0.3) is 0 Å². The third-order valence-electron chi connectivity index (χ3n) is 10.2. The average Bonchev–Trinajstić information content (AvgIpc) is 3.71. The van der Waals surface area contributed by atoms with E-state index in [4.69, 9.17) is 0 Å². The lowest BCUT2D eigenvalue weighted by molar-refractivity contribution is 1.18. The van der Waals surface area contributed by atoms with Gasteiger partial charge in [0.05, 0.1) is 22.1 Å². The molecule has 2 aromatic heterocycles. The average molecular weight is 637 g/mol. The van der Waals surface area contributed by atoms with E-state index < -0.39 is 0 Å². The lowest BCUT2D eigenvalue weighted by atomic mass is 10.0. The number of para-hydroxylation sites is 3. The van der Waals surface area contributed by atoms with Crippen molar-refractivity contribution >= 4 is 43.6 Å². The maximum absolute atomic E-state index is 2.41. The first-order valence-electron chi connectivity index (χ1n) is 17.2. The van der Waals surface area contributed by atoms with E-state index in [0.717, 1.165) is 11.4 Å². The van der Waals surface area contributed by atoms with Gasteiger partial charge in [-0.3, -0.25) is 0 Å². The Morgan fingerprint density at radius 2 is 0.540 bits per heavy atom. The van der Waals surface area contributed by atoms with Gasteiger partial charge in [0.2, 0.25) is 0 Å². The fourth-order valence-corrected chi connectivity index (χ4v) is 7.72. The molecule has 0 aliphatic rings. The number of benzene rings is 8. The number of hydrogen-bond acceptors (Lipinski definition) is 0. The van der Waals surface area contributed by atoms with Crippen molar-refractivity contribution in [2.75, 3.05) is 0 Å². The van der Waals surface area contributed by atoms with Gasteiger partial charge in [-0.2, -0.15) is 0 Å². The molecule has 0 bridgehead atoms. The second-order valence-electron chi connectivity index (χ2n) is 13.0. The maximum Gasteiger partial charge on any atom is 0.0547 e. The van der Waals surface area contributed by atoms with Crippen LogP contribution >= 0.6 is 0 Å². The molecule has 10 aromatic rings. The van der Waals surface area contributed by atoms with Crippen LogP contribution in [-0.4, -0.2) is 9.13 Å². The van der Waals surface area contributed by atoms with Gasteiger partial charge in [0.1, 0.15) is 0 Å². The van der Waals surface area contributed by atoms with E-state index >= 15 is 0 Å². The highest BCUT2D eigenvalue weighted by molar-refractivity contribution is 6.11. The van der Waals surface area contributed by atoms with Crippen LogP contribution in [0, 0.1) is 0 Å². The zero-order valence-corrected chi connectivity index (χ0v) is 27.4. The van der Waals surface area contributed by atoms with Crippen molar-refractivity contribution in [2.24, 2.45) is 0 Å². The van der Waals surface area contributed by atoms with Gasteiger partial charge < -0.3 is 9.13 Å². The molecule has 0 aliphatic carbocycles. The summed E-state index contributed by atoms with van der Waals surface area (Å²) in [6.07, 6.45) is 0. The van der Waals surface area contributed by atoms with E-state index in [9.17, 15) is 0 Å². The summed E-state index contributed by atoms with van der Waals surface area (Å²) in [6.45, 7) is 0. The van der Waals surface area contributed by atoms with E-state index in [-0.39, 0.29) is 0 Å². The molecule has 0 radical (unpaired) electrons. The minimum atomic E-state index is 1.15. The van der Waals surface area contributed by atoms with E-state index in [2.05, 4.69) is 203 Å². The van der Waals surface area contributed by atoms with Crippen LogP contribution in [0.15, 0.2) is 194 Å². The van der Waals surface area contributed by atoms with Crippen molar-refractivity contribution in [2.45, 2.75) is 0 Å². The molecule has 0 N–H and O–H groups in total. The summed E-state index contributed by atoms with van der Waals surface area (Å²) in [5.41, 5.74) is 14.5. The number of nitrogens with zero attached hydrogens (tertiary/aromatic N) is 2. The molecule has 50 heavy (non-hydrogen) atoms. The Morgan fingerprint density at radius 3 is 1.02 bits per heavy atom. The second kappa shape index (κ2) is 11.5. The molecule has 2 heterocycles. The van der Waals surface area contributed by atoms with E-state index in [1.807, 2.05) is 0 Å². The van der Waals surface area contributed by atoms with Crippen molar-refractivity contribution < 1.29 is 0 Å². The van der Waals surface area contributed by atoms with Crippen molar-refractivity contribution in [3.05, 3.63) is 194 Å². The first-order chi connectivity index (χ1) is 24.8. The zero-order chi connectivity index (χ0) is 33.0. The summed E-state index contributed by atoms with van der Waals surface area (Å²) in [7, 11) is 0. The zero-order valence-electron chi connectivity index (χ0n) is 27.4. The molecule has 0 spiro atoms. The minimum Gasteiger partial charge on any atom is -0.309 e. The quantitative estimate of drug-likeness (QED) is 0.178. The summed E-state index contributed by atoms with van der Waals surface area (Å²) >= 11 is 0. The summed E-state index contributed by atoms with van der Waals surface area (Å²) in [5, 5.41) is 5.07. The minimum absolute atomic E-state index is 1.15. The normalized spacial score (nSPS) is 11.6. The highest BCUT2D eigenvalue weighted by Crippen LogP contribution is 2.37. The molecule has 0 saturated heterocycles. The maximum atomic E-state index is 2.41. The predicted octanol–water partition coefficient (Wildman–Crippen LogP) is 12.9. The van der Waals surface area contributed by atoms with Gasteiger partial charge in [-0.15, -0.1) is 0 Å². The van der Waals surface area contributed by atoms with Crippen LogP contribution in [0.2, 0.25) is 0 Å². The summed E-state index contributed by atoms with van der Waals surface area (Å²) in [4.78, 5) is 0. The van der Waals surface area contributed by atoms with Crippen molar-refractivity contribution in [1.29, 1.82) is 0 Å². The monoisotopic (exact) mass is 636 g/mol. The predicted molar refractivity (Wildman–Crippen MR) is 211 cm³/mol. The molecule has 10 rings (SSSR count). The Labute approximate surface area is 290 Å². The van der Waals surface area contributed by atoms with Crippen LogP contribution in [0.3, 0.4) is 0 Å². The molecule has 0 saturated carbocycles. The molecule has 2 heteroatoms. The summed E-state index contributed by atoms with van der Waals surface area (Å²) < 4.78 is 4.78. The molecule has 0 atom stereocenters. The number of rotatable bonds is 5. The molecule has 234 valence electrons. The van der Waals surface area contributed by atoms with Gasteiger partial charge in [-0.1, -0.05) is 146 Å². The van der Waals surface area contributed by atoms with Crippen molar-refractivity contribution in [3.8, 4) is 44.8 Å². The topological polar surface area (TPSA) is 9.86 Å². The molecule has 8 aromatic carbocycles. The first kappa shape index (κ1) is 28.4. The third kappa shape index (κ3) is 4.57. The highest BCUT2D eigenvalue weighted by atomic mass is 15.0. The van der Waals surface area contributed by atoms with Crippen molar-refractivity contribution in [3.63, 3.8) is 0 Å². The van der Waals surface area contributed by atoms with E-state index in [0.29, 0.717) is 0 Å². The van der Waals surface area contributed by atoms with Gasteiger partial charge in [0, 0.05) is 32.9 Å². The number of fused-ring (bicyclic) bond motifs is 6. The lowest BCUT2D eigenvalue weighted by Gasteiger charge is -2.12. The first-order valence-corrected chi connectivity index (χ1v) is 17.2. The fraction of sp³-hybridized carbons (Fsp3) is 0. The Balaban J connectivity index is 1.03. The number of hydrogen-bond donors (Lipinski definition) is 0. The van der Waals surface area contributed by atoms with Crippen LogP contribution in [-0.2, 0) is 0 Å². The van der Waals surface area contributed by atoms with Gasteiger partial charge in [-0.05, 0) is 81.9 Å². The van der Waals surface area contributed by atoms with Gasteiger partial charge in [-0.25, -0.2) is 0 Å². The molecular formula is C48H32N2. The Bertz CT molecular complexity index is 2770. The fourth-order valence-electron chi connectivity index (χ4n) is 7.72. The lowest BCUT2D eigenvalue weighted by Crippen LogP contribution is -1.94. The second-order valence-corrected chi connectivity index (χ2v) is 13.0. The Kier molecular flexibility index (Phi) is 6.53. The molecule has 0 amide bonds. The molecular weight excluding hydrogens is 605 g/mol. The van der Waals surface area contributed by atoms with Gasteiger partial charge in [0.15, 0.2) is 0 Å². The molecule has 0 unspecified atom stereocenters. The smallest absolute Gasteiger partial charge is 0.0547 e. The Morgan fingerprint density at radius 1 is 0.220 bits per heavy atom.